The molecule has 0 spiro atoms. The molecule has 0 bridgehead atoms. The summed E-state index contributed by atoms with van der Waals surface area (Å²) in [5.41, 5.74) is -0.351. The summed E-state index contributed by atoms with van der Waals surface area (Å²) in [4.78, 5) is 24.8. The summed E-state index contributed by atoms with van der Waals surface area (Å²) in [5.74, 6) is 0.923. The highest BCUT2D eigenvalue weighted by Gasteiger charge is 2.32. The molecule has 6 heteroatoms. The van der Waals surface area contributed by atoms with Crippen molar-refractivity contribution in [3.05, 3.63) is 0 Å². The van der Waals surface area contributed by atoms with E-state index in [1.807, 2.05) is 20.8 Å². The van der Waals surface area contributed by atoms with Crippen LogP contribution in [0.3, 0.4) is 0 Å². The Balaban J connectivity index is 2.68. The van der Waals surface area contributed by atoms with E-state index < -0.39 is 5.97 Å². The largest absolute Gasteiger partial charge is 0.481 e. The molecule has 0 aromatic heterocycles. The number of hydrogen-bond donors (Lipinski definition) is 2. The van der Waals surface area contributed by atoms with Gasteiger partial charge >= 0.3 is 5.97 Å². The van der Waals surface area contributed by atoms with Gasteiger partial charge < -0.3 is 15.3 Å². The molecule has 1 aliphatic rings. The molecule has 0 aromatic rings. The fourth-order valence-electron chi connectivity index (χ4n) is 1.90. The molecular weight excluding hydrogens is 252 g/mol. The van der Waals surface area contributed by atoms with Crippen LogP contribution in [0.2, 0.25) is 0 Å². The molecule has 0 aromatic carbocycles. The first-order valence-electron chi connectivity index (χ1n) is 6.17. The lowest BCUT2D eigenvalue weighted by atomic mass is 10.0. The summed E-state index contributed by atoms with van der Waals surface area (Å²) in [6.45, 7) is 6.90. The molecule has 1 atom stereocenters. The Morgan fingerprint density at radius 1 is 1.44 bits per heavy atom. The molecule has 0 saturated carbocycles. The molecule has 0 aliphatic carbocycles. The summed E-state index contributed by atoms with van der Waals surface area (Å²) >= 11 is 1.76. The molecule has 1 rings (SSSR count). The second-order valence-electron chi connectivity index (χ2n) is 5.39. The van der Waals surface area contributed by atoms with Gasteiger partial charge in [0.15, 0.2) is 0 Å². The van der Waals surface area contributed by atoms with E-state index in [1.54, 1.807) is 16.7 Å². The zero-order valence-corrected chi connectivity index (χ0v) is 12.0. The zero-order valence-electron chi connectivity index (χ0n) is 11.2. The lowest BCUT2D eigenvalue weighted by Gasteiger charge is -2.38. The third kappa shape index (κ3) is 4.49. The second kappa shape index (κ2) is 6.43. The Bertz CT molecular complexity index is 309. The Labute approximate surface area is 112 Å². The van der Waals surface area contributed by atoms with Crippen molar-refractivity contribution in [3.63, 3.8) is 0 Å². The Kier molecular flexibility index (Phi) is 5.47. The van der Waals surface area contributed by atoms with E-state index >= 15 is 0 Å². The molecule has 1 fully saturated rings. The van der Waals surface area contributed by atoms with Gasteiger partial charge in [0, 0.05) is 30.1 Å². The van der Waals surface area contributed by atoms with Gasteiger partial charge in [-0.05, 0) is 20.8 Å². The number of nitrogens with one attached hydrogen (secondary N) is 1. The van der Waals surface area contributed by atoms with Crippen molar-refractivity contribution in [2.45, 2.75) is 38.8 Å². The van der Waals surface area contributed by atoms with E-state index in [2.05, 4.69) is 5.32 Å². The summed E-state index contributed by atoms with van der Waals surface area (Å²) in [7, 11) is 0. The number of rotatable bonds is 4. The second-order valence-corrected chi connectivity index (χ2v) is 6.54. The number of carboxylic acid groups (broad SMARTS) is 1. The molecule has 1 saturated heterocycles. The Morgan fingerprint density at radius 2 is 2.11 bits per heavy atom. The molecule has 104 valence electrons. The third-order valence-corrected chi connectivity index (χ3v) is 3.91. The summed E-state index contributed by atoms with van der Waals surface area (Å²) in [5, 5.41) is 12.0. The SMILES string of the molecule is CC(C)(C)N(CCC(=O)O)C(=O)C1CSCCN1. The highest BCUT2D eigenvalue weighted by atomic mass is 32.2. The van der Waals surface area contributed by atoms with Crippen LogP contribution in [-0.2, 0) is 9.59 Å². The van der Waals surface area contributed by atoms with Crippen LogP contribution in [0.25, 0.3) is 0 Å². The lowest BCUT2D eigenvalue weighted by molar-refractivity contribution is -0.141. The van der Waals surface area contributed by atoms with Crippen molar-refractivity contribution in [1.82, 2.24) is 10.2 Å². The van der Waals surface area contributed by atoms with Gasteiger partial charge in [0.1, 0.15) is 0 Å². The highest BCUT2D eigenvalue weighted by molar-refractivity contribution is 7.99. The topological polar surface area (TPSA) is 69.6 Å². The number of carbonyl (C=O) groups excluding carboxylic acids is 1. The molecule has 1 amide bonds. The van der Waals surface area contributed by atoms with E-state index in [1.165, 1.54) is 0 Å². The van der Waals surface area contributed by atoms with Gasteiger partial charge in [-0.3, -0.25) is 9.59 Å². The summed E-state index contributed by atoms with van der Waals surface area (Å²) < 4.78 is 0. The van der Waals surface area contributed by atoms with Crippen molar-refractivity contribution < 1.29 is 14.7 Å². The molecule has 1 heterocycles. The first-order valence-corrected chi connectivity index (χ1v) is 7.32. The Hall–Kier alpha value is -0.750. The summed E-state index contributed by atoms with van der Waals surface area (Å²) in [6, 6.07) is -0.184. The minimum absolute atomic E-state index is 0.0101. The van der Waals surface area contributed by atoms with E-state index in [-0.39, 0.29) is 30.5 Å². The van der Waals surface area contributed by atoms with Crippen molar-refractivity contribution in [2.75, 3.05) is 24.6 Å². The minimum atomic E-state index is -0.872. The number of aliphatic carboxylic acids is 1. The standard InChI is InChI=1S/C12H22N2O3S/c1-12(2,3)14(6-4-10(15)16)11(17)9-8-18-7-5-13-9/h9,13H,4-8H2,1-3H3,(H,15,16). The number of amides is 1. The van der Waals surface area contributed by atoms with Gasteiger partial charge in [0.2, 0.25) is 5.91 Å². The fourth-order valence-corrected chi connectivity index (χ4v) is 2.82. The molecule has 1 aliphatic heterocycles. The van der Waals surface area contributed by atoms with Crippen molar-refractivity contribution in [1.29, 1.82) is 0 Å². The molecule has 2 N–H and O–H groups in total. The quantitative estimate of drug-likeness (QED) is 0.793. The third-order valence-electron chi connectivity index (χ3n) is 2.84. The predicted octanol–water partition coefficient (Wildman–Crippen LogP) is 0.793. The Morgan fingerprint density at radius 3 is 2.56 bits per heavy atom. The molecule has 0 radical (unpaired) electrons. The predicted molar refractivity (Wildman–Crippen MR) is 72.8 cm³/mol. The van der Waals surface area contributed by atoms with Gasteiger partial charge in [0.25, 0.3) is 0 Å². The van der Waals surface area contributed by atoms with E-state index in [4.69, 9.17) is 5.11 Å². The molecule has 5 nitrogen and oxygen atoms in total. The van der Waals surface area contributed by atoms with Crippen LogP contribution in [0.15, 0.2) is 0 Å². The maximum Gasteiger partial charge on any atom is 0.305 e. The fraction of sp³-hybridized carbons (Fsp3) is 0.833. The molecule has 18 heavy (non-hydrogen) atoms. The van der Waals surface area contributed by atoms with Crippen LogP contribution in [0, 0.1) is 0 Å². The van der Waals surface area contributed by atoms with Crippen molar-refractivity contribution in [3.8, 4) is 0 Å². The van der Waals surface area contributed by atoms with Gasteiger partial charge in [-0.2, -0.15) is 11.8 Å². The van der Waals surface area contributed by atoms with E-state index in [9.17, 15) is 9.59 Å². The first-order chi connectivity index (χ1) is 8.32. The summed E-state index contributed by atoms with van der Waals surface area (Å²) in [6.07, 6.45) is -0.0110. The minimum Gasteiger partial charge on any atom is -0.481 e. The van der Waals surface area contributed by atoms with Crippen molar-refractivity contribution in [2.24, 2.45) is 0 Å². The molecule has 1 unspecified atom stereocenters. The zero-order chi connectivity index (χ0) is 13.8. The smallest absolute Gasteiger partial charge is 0.305 e. The van der Waals surface area contributed by atoms with Crippen LogP contribution in [-0.4, -0.2) is 58.1 Å². The number of carboxylic acids is 1. The number of hydrogen-bond acceptors (Lipinski definition) is 4. The van der Waals surface area contributed by atoms with Gasteiger partial charge in [-0.15, -0.1) is 0 Å². The number of nitrogens with zero attached hydrogens (tertiary/aromatic N) is 1. The van der Waals surface area contributed by atoms with Crippen LogP contribution in [0.1, 0.15) is 27.2 Å². The van der Waals surface area contributed by atoms with E-state index in [0.29, 0.717) is 0 Å². The van der Waals surface area contributed by atoms with Crippen molar-refractivity contribution >= 4 is 23.6 Å². The van der Waals surface area contributed by atoms with Crippen LogP contribution >= 0.6 is 11.8 Å². The maximum atomic E-state index is 12.4. The van der Waals surface area contributed by atoms with Crippen LogP contribution in [0.4, 0.5) is 0 Å². The average molecular weight is 274 g/mol. The average Bonchev–Trinajstić information content (AvgIpc) is 2.28. The normalized spacial score (nSPS) is 20.5. The number of thioether (sulfide) groups is 1. The lowest BCUT2D eigenvalue weighted by Crippen LogP contribution is -2.56. The van der Waals surface area contributed by atoms with Gasteiger partial charge in [0.05, 0.1) is 12.5 Å². The van der Waals surface area contributed by atoms with Gasteiger partial charge in [-0.1, -0.05) is 0 Å². The monoisotopic (exact) mass is 274 g/mol. The van der Waals surface area contributed by atoms with Gasteiger partial charge in [-0.25, -0.2) is 0 Å². The molecular formula is C12H22N2O3S. The van der Waals surface area contributed by atoms with Crippen LogP contribution < -0.4 is 5.32 Å². The number of carbonyl (C=O) groups is 2. The first kappa shape index (κ1) is 15.3. The van der Waals surface area contributed by atoms with Crippen LogP contribution in [0.5, 0.6) is 0 Å². The maximum absolute atomic E-state index is 12.4. The highest BCUT2D eigenvalue weighted by Crippen LogP contribution is 2.18. The van der Waals surface area contributed by atoms with E-state index in [0.717, 1.165) is 18.1 Å².